The molecule has 2 N–H and O–H groups in total. The fraction of sp³-hybridized carbons (Fsp3) is 0.510. The average molecular weight is 877 g/mol. The molecule has 1 unspecified atom stereocenters. The van der Waals surface area contributed by atoms with Crippen molar-refractivity contribution in [1.82, 2.24) is 9.80 Å². The summed E-state index contributed by atoms with van der Waals surface area (Å²) in [5.74, 6) is -1.56. The Labute approximate surface area is 375 Å². The number of nitriles is 1. The van der Waals surface area contributed by atoms with Crippen LogP contribution in [-0.2, 0) is 20.9 Å². The number of carbonyl (C=O) groups excluding carboxylic acids is 1. The number of hydrogen-bond donors (Lipinski definition) is 2. The van der Waals surface area contributed by atoms with E-state index in [0.717, 1.165) is 75.0 Å². The monoisotopic (exact) mass is 876 g/mol. The van der Waals surface area contributed by atoms with Crippen molar-refractivity contribution in [1.29, 1.82) is 5.26 Å². The highest BCUT2D eigenvalue weighted by atomic mass is 19.1. The molecule has 0 aromatic heterocycles. The van der Waals surface area contributed by atoms with Crippen LogP contribution in [0.2, 0.25) is 0 Å². The van der Waals surface area contributed by atoms with Gasteiger partial charge in [-0.3, -0.25) is 9.69 Å². The van der Waals surface area contributed by atoms with Crippen LogP contribution in [0.1, 0.15) is 97.2 Å². The van der Waals surface area contributed by atoms with E-state index in [0.29, 0.717) is 60.6 Å². The Balaban J connectivity index is 1.34. The molecule has 3 fully saturated rings. The molecule has 1 amide bonds. The predicted molar refractivity (Wildman–Crippen MR) is 239 cm³/mol. The zero-order chi connectivity index (χ0) is 44.5. The fourth-order valence-electron chi connectivity index (χ4n) is 10.2. The summed E-state index contributed by atoms with van der Waals surface area (Å²) in [6.45, 7) is 8.51. The van der Waals surface area contributed by atoms with E-state index in [9.17, 15) is 19.9 Å². The molecular weight excluding hydrogens is 816 g/mol. The zero-order valence-electron chi connectivity index (χ0n) is 36.6. The molecule has 5 aliphatic rings. The first-order valence-corrected chi connectivity index (χ1v) is 23.1. The summed E-state index contributed by atoms with van der Waals surface area (Å²) < 4.78 is 41.4. The van der Waals surface area contributed by atoms with Gasteiger partial charge in [0.1, 0.15) is 30.0 Å². The number of nitrogens with zero attached hydrogens (tertiary/aromatic N) is 4. The van der Waals surface area contributed by atoms with E-state index in [2.05, 4.69) is 29.7 Å². The summed E-state index contributed by atoms with van der Waals surface area (Å²) in [6, 6.07) is 20.0. The molecule has 64 heavy (non-hydrogen) atoms. The molecule has 3 aliphatic heterocycles. The molecule has 2 aliphatic carbocycles. The number of oxime groups is 1. The third kappa shape index (κ3) is 10.2. The Bertz CT molecular complexity index is 2170. The maximum absolute atomic E-state index is 15.3. The number of hydrogen-bond acceptors (Lipinski definition) is 11. The summed E-state index contributed by atoms with van der Waals surface area (Å²) in [6.07, 6.45) is 10.8. The van der Waals surface area contributed by atoms with Crippen LogP contribution >= 0.6 is 0 Å². The van der Waals surface area contributed by atoms with Crippen LogP contribution < -0.4 is 9.47 Å². The van der Waals surface area contributed by atoms with E-state index < -0.39 is 29.9 Å². The molecule has 340 valence electrons. The average Bonchev–Trinajstić information content (AvgIpc) is 4.16. The molecule has 13 heteroatoms. The van der Waals surface area contributed by atoms with Crippen molar-refractivity contribution in [2.45, 2.75) is 94.8 Å². The number of carbonyl (C=O) groups is 1. The summed E-state index contributed by atoms with van der Waals surface area (Å²) >= 11 is 0. The molecule has 12 nitrogen and oxygen atoms in total. The quantitative estimate of drug-likeness (QED) is 0.0469. The second kappa shape index (κ2) is 21.3. The van der Waals surface area contributed by atoms with Crippen molar-refractivity contribution < 1.29 is 43.2 Å². The molecule has 3 aromatic rings. The Hall–Kier alpha value is -5.10. The van der Waals surface area contributed by atoms with Crippen molar-refractivity contribution in [3.8, 4) is 17.6 Å². The number of unbranched alkanes of at least 4 members (excludes halogenated alkanes) is 2. The Morgan fingerprint density at radius 3 is 2.52 bits per heavy atom. The van der Waals surface area contributed by atoms with Gasteiger partial charge in [-0.05, 0) is 116 Å². The third-order valence-corrected chi connectivity index (χ3v) is 13.4. The van der Waals surface area contributed by atoms with E-state index in [-0.39, 0.29) is 56.4 Å². The van der Waals surface area contributed by atoms with Gasteiger partial charge in [0.25, 0.3) is 5.91 Å². The normalized spacial score (nSPS) is 26.4. The maximum atomic E-state index is 15.3. The second-order valence-electron chi connectivity index (χ2n) is 17.6. The number of allylic oxidation sites excluding steroid dienone is 1. The first-order chi connectivity index (χ1) is 31.3. The van der Waals surface area contributed by atoms with Crippen LogP contribution in [0.25, 0.3) is 0 Å². The van der Waals surface area contributed by atoms with Crippen LogP contribution in [0, 0.1) is 34.9 Å². The molecule has 0 spiro atoms. The van der Waals surface area contributed by atoms with Crippen molar-refractivity contribution in [3.05, 3.63) is 119 Å². The minimum absolute atomic E-state index is 0.0311. The molecule has 0 radical (unpaired) electrons. The smallest absolute Gasteiger partial charge is 0.254 e. The lowest BCUT2D eigenvalue weighted by molar-refractivity contribution is -0.255. The molecule has 8 rings (SSSR count). The second-order valence-corrected chi connectivity index (χ2v) is 17.6. The van der Waals surface area contributed by atoms with E-state index in [4.69, 9.17) is 28.9 Å². The van der Waals surface area contributed by atoms with Crippen LogP contribution in [0.15, 0.2) is 96.2 Å². The lowest BCUT2D eigenvalue weighted by atomic mass is 9.55. The molecule has 2 saturated heterocycles. The summed E-state index contributed by atoms with van der Waals surface area (Å²) in [7, 11) is 0. The Morgan fingerprint density at radius 2 is 1.81 bits per heavy atom. The van der Waals surface area contributed by atoms with Crippen molar-refractivity contribution >= 4 is 11.6 Å². The Morgan fingerprint density at radius 1 is 1.03 bits per heavy atom. The lowest BCUT2D eigenvalue weighted by Gasteiger charge is -2.60. The van der Waals surface area contributed by atoms with Crippen LogP contribution in [0.4, 0.5) is 4.39 Å². The predicted octanol–water partition coefficient (Wildman–Crippen LogP) is 7.89. The number of aliphatic hydroxyl groups excluding tert-OH is 2. The maximum Gasteiger partial charge on any atom is 0.254 e. The first kappa shape index (κ1) is 45.5. The summed E-state index contributed by atoms with van der Waals surface area (Å²) in [5.41, 5.74) is 4.02. The molecule has 3 aromatic carbocycles. The molecule has 3 heterocycles. The van der Waals surface area contributed by atoms with Crippen molar-refractivity contribution in [2.24, 2.45) is 22.9 Å². The standard InChI is InChI=1S/C51H61FN4O8/c1-2-27-62-51-46(56(34-36-14-18-39(52)19-15-36)50(59)37-16-12-35(33-53)13-17-37)32-44(54-64-47-11-5-8-28-61-47)42-30-38(9-3-6-25-57)41(10-4-7-26-58)48(49(42)51)43-31-40(20-21-45(43)63-51)60-29-24-55-22-23-55/h2,12-21,30-31,38,41,46-49,57-58H,1,3-11,22-29,32,34H2/t38-,41+,46-,47?,48+,49+,51+/m0/s1. The minimum Gasteiger partial charge on any atom is -0.492 e. The van der Waals surface area contributed by atoms with Gasteiger partial charge in [0, 0.05) is 69.3 Å². The number of halogens is 1. The highest BCUT2D eigenvalue weighted by molar-refractivity contribution is 6.03. The number of aliphatic hydroxyl groups is 2. The van der Waals surface area contributed by atoms with Gasteiger partial charge in [-0.25, -0.2) is 4.39 Å². The topological polar surface area (TPSA) is 146 Å². The molecule has 7 atom stereocenters. The van der Waals surface area contributed by atoms with Gasteiger partial charge in [-0.15, -0.1) is 6.58 Å². The van der Waals surface area contributed by atoms with E-state index in [1.54, 1.807) is 47.4 Å². The van der Waals surface area contributed by atoms with Crippen molar-refractivity contribution in [2.75, 3.05) is 52.7 Å². The van der Waals surface area contributed by atoms with Gasteiger partial charge in [-0.1, -0.05) is 42.3 Å². The van der Waals surface area contributed by atoms with Gasteiger partial charge < -0.3 is 38.9 Å². The fourth-order valence-corrected chi connectivity index (χ4v) is 10.2. The minimum atomic E-state index is -1.51. The van der Waals surface area contributed by atoms with E-state index in [1.807, 2.05) is 12.1 Å². The molecule has 0 bridgehead atoms. The SMILES string of the molecule is C=CCO[C@@]12Oc3ccc(OCCN4CC4)cc3[C@H]3[C@H](CCCCO)[C@@H](CCCCO)C=C(C(=NOC4CCCCO4)C[C@@H]1N(Cc1ccc(F)cc1)C(=O)c1ccc(C#N)cc1)[C@H]32. The van der Waals surface area contributed by atoms with Gasteiger partial charge in [-0.2, -0.15) is 5.26 Å². The van der Waals surface area contributed by atoms with Gasteiger partial charge in [0.15, 0.2) is 0 Å². The zero-order valence-corrected chi connectivity index (χ0v) is 36.6. The van der Waals surface area contributed by atoms with E-state index in [1.165, 1.54) is 12.1 Å². The Kier molecular flexibility index (Phi) is 15.1. The first-order valence-electron chi connectivity index (χ1n) is 23.1. The van der Waals surface area contributed by atoms with Crippen LogP contribution in [0.3, 0.4) is 0 Å². The van der Waals surface area contributed by atoms with E-state index >= 15 is 4.79 Å². The van der Waals surface area contributed by atoms with Crippen LogP contribution in [-0.4, -0.2) is 102 Å². The third-order valence-electron chi connectivity index (χ3n) is 13.4. The van der Waals surface area contributed by atoms with Crippen molar-refractivity contribution in [3.63, 3.8) is 0 Å². The number of rotatable bonds is 21. The number of fused-ring (bicyclic) bond motifs is 2. The molecular formula is C51H61FN4O8. The number of amides is 1. The summed E-state index contributed by atoms with van der Waals surface area (Å²) in [5, 5.41) is 34.6. The molecule has 1 saturated carbocycles. The van der Waals surface area contributed by atoms with Gasteiger partial charge >= 0.3 is 0 Å². The largest absolute Gasteiger partial charge is 0.492 e. The van der Waals surface area contributed by atoms with Crippen LogP contribution in [0.5, 0.6) is 11.5 Å². The lowest BCUT2D eigenvalue weighted by Crippen LogP contribution is -2.70. The van der Waals surface area contributed by atoms with Gasteiger partial charge in [0.05, 0.1) is 36.5 Å². The highest BCUT2D eigenvalue weighted by Gasteiger charge is 2.65. The number of benzene rings is 3. The highest BCUT2D eigenvalue weighted by Crippen LogP contribution is 2.62. The van der Waals surface area contributed by atoms with Gasteiger partial charge in [0.2, 0.25) is 12.1 Å². The number of ether oxygens (including phenoxy) is 4. The summed E-state index contributed by atoms with van der Waals surface area (Å²) in [4.78, 5) is 25.7.